The van der Waals surface area contributed by atoms with E-state index in [0.717, 1.165) is 17.1 Å². The predicted octanol–water partition coefficient (Wildman–Crippen LogP) is 2.09. The van der Waals surface area contributed by atoms with Crippen LogP contribution in [0.5, 0.6) is 11.5 Å². The number of benzene rings is 1. The van der Waals surface area contributed by atoms with E-state index in [1.54, 1.807) is 0 Å². The van der Waals surface area contributed by atoms with Crippen LogP contribution >= 0.6 is 0 Å². The van der Waals surface area contributed by atoms with Crippen LogP contribution in [-0.4, -0.2) is 13.1 Å². The zero-order chi connectivity index (χ0) is 9.26. The Balaban J connectivity index is 2.20. The van der Waals surface area contributed by atoms with E-state index >= 15 is 0 Å². The molecule has 1 atom stereocenters. The molecule has 0 radical (unpaired) electrons. The van der Waals surface area contributed by atoms with E-state index in [4.69, 9.17) is 14.2 Å². The van der Waals surface area contributed by atoms with Crippen LogP contribution in [0.2, 0.25) is 0 Å². The second kappa shape index (κ2) is 3.26. The van der Waals surface area contributed by atoms with Gasteiger partial charge >= 0.3 is 6.48 Å². The Morgan fingerprint density at radius 2 is 2.23 bits per heavy atom. The Hall–Kier alpha value is -1.22. The molecule has 13 heavy (non-hydrogen) atoms. The maximum Gasteiger partial charge on any atom is 0.361 e. The fourth-order valence-corrected chi connectivity index (χ4v) is 1.30. The number of hydrogen-bond donors (Lipinski definition) is 0. The number of ether oxygens (including phenoxy) is 3. The van der Waals surface area contributed by atoms with Crippen molar-refractivity contribution in [2.24, 2.45) is 0 Å². The molecule has 0 amide bonds. The van der Waals surface area contributed by atoms with Crippen LogP contribution in [0, 0.1) is 6.92 Å². The zero-order valence-corrected chi connectivity index (χ0v) is 7.74. The van der Waals surface area contributed by atoms with Crippen LogP contribution in [0.3, 0.4) is 0 Å². The lowest BCUT2D eigenvalue weighted by Gasteiger charge is -2.08. The third-order valence-corrected chi connectivity index (χ3v) is 1.92. The van der Waals surface area contributed by atoms with Gasteiger partial charge in [0.15, 0.2) is 11.5 Å². The summed E-state index contributed by atoms with van der Waals surface area (Å²) in [7, 11) is 0. The lowest BCUT2D eigenvalue weighted by Crippen LogP contribution is -2.21. The van der Waals surface area contributed by atoms with Gasteiger partial charge in [-0.1, -0.05) is 12.1 Å². The van der Waals surface area contributed by atoms with Crippen LogP contribution in [0.1, 0.15) is 12.5 Å². The standard InChI is InChI=1S/C10H12O3/c1-3-11-10-12-8-6-4-5-7(2)9(8)13-10/h4-6,10H,3H2,1-2H3. The quantitative estimate of drug-likeness (QED) is 0.697. The van der Waals surface area contributed by atoms with Crippen molar-refractivity contribution in [2.75, 3.05) is 6.61 Å². The van der Waals surface area contributed by atoms with Gasteiger partial charge < -0.3 is 14.2 Å². The average molecular weight is 180 g/mol. The summed E-state index contributed by atoms with van der Waals surface area (Å²) >= 11 is 0. The summed E-state index contributed by atoms with van der Waals surface area (Å²) in [4.78, 5) is 0. The van der Waals surface area contributed by atoms with Crippen molar-refractivity contribution in [2.45, 2.75) is 20.3 Å². The fraction of sp³-hybridized carbons (Fsp3) is 0.400. The summed E-state index contributed by atoms with van der Waals surface area (Å²) in [6.45, 7) is 3.90. The van der Waals surface area contributed by atoms with Crippen LogP contribution in [0.25, 0.3) is 0 Å². The van der Waals surface area contributed by atoms with Crippen molar-refractivity contribution < 1.29 is 14.2 Å². The van der Waals surface area contributed by atoms with Gasteiger partial charge in [-0.2, -0.15) is 0 Å². The molecule has 2 rings (SSSR count). The van der Waals surface area contributed by atoms with Crippen molar-refractivity contribution in [3.05, 3.63) is 23.8 Å². The van der Waals surface area contributed by atoms with Gasteiger partial charge in [-0.25, -0.2) is 0 Å². The first kappa shape index (κ1) is 8.38. The van der Waals surface area contributed by atoms with Gasteiger partial charge in [0.05, 0.1) is 6.61 Å². The van der Waals surface area contributed by atoms with Crippen LogP contribution < -0.4 is 9.47 Å². The SMILES string of the molecule is CCOC1Oc2cccc(C)c2O1. The van der Waals surface area contributed by atoms with E-state index in [1.807, 2.05) is 32.0 Å². The molecular weight excluding hydrogens is 168 g/mol. The summed E-state index contributed by atoms with van der Waals surface area (Å²) < 4.78 is 16.0. The van der Waals surface area contributed by atoms with Crippen molar-refractivity contribution >= 4 is 0 Å². The molecule has 0 fully saturated rings. The highest BCUT2D eigenvalue weighted by Gasteiger charge is 2.25. The molecular formula is C10H12O3. The van der Waals surface area contributed by atoms with E-state index in [1.165, 1.54) is 0 Å². The van der Waals surface area contributed by atoms with Crippen molar-refractivity contribution in [1.29, 1.82) is 0 Å². The van der Waals surface area contributed by atoms with Gasteiger partial charge in [0, 0.05) is 0 Å². The van der Waals surface area contributed by atoms with E-state index in [9.17, 15) is 0 Å². The normalized spacial score (nSPS) is 19.1. The molecule has 0 spiro atoms. The van der Waals surface area contributed by atoms with Crippen LogP contribution in [0.4, 0.5) is 0 Å². The molecule has 1 aromatic carbocycles. The molecule has 0 saturated heterocycles. The summed E-state index contributed by atoms with van der Waals surface area (Å²) in [6.07, 6.45) is 0. The molecule has 0 saturated carbocycles. The van der Waals surface area contributed by atoms with E-state index in [2.05, 4.69) is 0 Å². The Labute approximate surface area is 77.2 Å². The summed E-state index contributed by atoms with van der Waals surface area (Å²) in [5.74, 6) is 1.56. The molecule has 70 valence electrons. The van der Waals surface area contributed by atoms with Gasteiger partial charge in [0.2, 0.25) is 0 Å². The maximum absolute atomic E-state index is 5.43. The van der Waals surface area contributed by atoms with E-state index in [-0.39, 0.29) is 0 Å². The number of aryl methyl sites for hydroxylation is 1. The second-order valence-corrected chi connectivity index (χ2v) is 2.88. The summed E-state index contributed by atoms with van der Waals surface area (Å²) in [5, 5.41) is 0. The van der Waals surface area contributed by atoms with Gasteiger partial charge in [0.25, 0.3) is 0 Å². The first-order chi connectivity index (χ1) is 6.31. The van der Waals surface area contributed by atoms with Gasteiger partial charge in [-0.15, -0.1) is 0 Å². The third kappa shape index (κ3) is 1.47. The van der Waals surface area contributed by atoms with Crippen molar-refractivity contribution in [3.8, 4) is 11.5 Å². The second-order valence-electron chi connectivity index (χ2n) is 2.88. The van der Waals surface area contributed by atoms with Gasteiger partial charge in [-0.3, -0.25) is 0 Å². The topological polar surface area (TPSA) is 27.7 Å². The van der Waals surface area contributed by atoms with Crippen LogP contribution in [-0.2, 0) is 4.74 Å². The minimum absolute atomic E-state index is 0.568. The molecule has 1 aliphatic rings. The number of fused-ring (bicyclic) bond motifs is 1. The Morgan fingerprint density at radius 1 is 1.38 bits per heavy atom. The van der Waals surface area contributed by atoms with Crippen LogP contribution in [0.15, 0.2) is 18.2 Å². The first-order valence-electron chi connectivity index (χ1n) is 4.36. The van der Waals surface area contributed by atoms with E-state index in [0.29, 0.717) is 6.61 Å². The highest BCUT2D eigenvalue weighted by Crippen LogP contribution is 2.37. The smallest absolute Gasteiger partial charge is 0.361 e. The maximum atomic E-state index is 5.43. The Kier molecular flexibility index (Phi) is 2.10. The molecule has 1 unspecified atom stereocenters. The number of para-hydroxylation sites is 1. The molecule has 0 N–H and O–H groups in total. The summed E-state index contributed by atoms with van der Waals surface area (Å²) in [5.41, 5.74) is 1.07. The first-order valence-corrected chi connectivity index (χ1v) is 4.36. The molecule has 0 aromatic heterocycles. The van der Waals surface area contributed by atoms with E-state index < -0.39 is 6.48 Å². The minimum atomic E-state index is -0.568. The number of hydrogen-bond acceptors (Lipinski definition) is 3. The Morgan fingerprint density at radius 3 is 2.92 bits per heavy atom. The lowest BCUT2D eigenvalue weighted by atomic mass is 10.2. The average Bonchev–Trinajstić information content (AvgIpc) is 2.49. The molecule has 3 nitrogen and oxygen atoms in total. The highest BCUT2D eigenvalue weighted by molar-refractivity contribution is 5.47. The largest absolute Gasteiger partial charge is 0.428 e. The molecule has 1 heterocycles. The highest BCUT2D eigenvalue weighted by atomic mass is 16.9. The van der Waals surface area contributed by atoms with Crippen molar-refractivity contribution in [3.63, 3.8) is 0 Å². The minimum Gasteiger partial charge on any atom is -0.428 e. The van der Waals surface area contributed by atoms with Gasteiger partial charge in [-0.05, 0) is 25.5 Å². The van der Waals surface area contributed by atoms with Crippen molar-refractivity contribution in [1.82, 2.24) is 0 Å². The Bertz CT molecular complexity index is 309. The number of rotatable bonds is 2. The monoisotopic (exact) mass is 180 g/mol. The molecule has 1 aromatic rings. The van der Waals surface area contributed by atoms with Gasteiger partial charge in [0.1, 0.15) is 0 Å². The lowest BCUT2D eigenvalue weighted by molar-refractivity contribution is -0.173. The summed E-state index contributed by atoms with van der Waals surface area (Å²) in [6, 6.07) is 5.80. The third-order valence-electron chi connectivity index (χ3n) is 1.92. The molecule has 1 aliphatic heterocycles. The molecule has 0 bridgehead atoms. The fourth-order valence-electron chi connectivity index (χ4n) is 1.30. The zero-order valence-electron chi connectivity index (χ0n) is 7.74. The molecule has 3 heteroatoms. The predicted molar refractivity (Wildman–Crippen MR) is 47.8 cm³/mol. The molecule has 0 aliphatic carbocycles.